The van der Waals surface area contributed by atoms with Gasteiger partial charge in [-0.15, -0.1) is 0 Å². The standard InChI is InChI=1S/C7H10OS/c1-6(2)7-4-3-5-9(7)8/h3-6H,1-2H3. The van der Waals surface area contributed by atoms with Gasteiger partial charge in [0.05, 0.1) is 10.8 Å². The Morgan fingerprint density at radius 1 is 1.56 bits per heavy atom. The van der Waals surface area contributed by atoms with Crippen LogP contribution in [0.2, 0.25) is 0 Å². The van der Waals surface area contributed by atoms with Gasteiger partial charge in [-0.3, -0.25) is 4.21 Å². The van der Waals surface area contributed by atoms with E-state index in [0.29, 0.717) is 5.92 Å². The van der Waals surface area contributed by atoms with Crippen LogP contribution in [0.15, 0.2) is 22.5 Å². The van der Waals surface area contributed by atoms with E-state index < -0.39 is 10.8 Å². The molecule has 2 heteroatoms. The zero-order valence-electron chi connectivity index (χ0n) is 5.63. The van der Waals surface area contributed by atoms with Crippen LogP contribution < -0.4 is 0 Å². The topological polar surface area (TPSA) is 17.1 Å². The summed E-state index contributed by atoms with van der Waals surface area (Å²) in [5.41, 5.74) is 0. The minimum atomic E-state index is -0.810. The van der Waals surface area contributed by atoms with Crippen LogP contribution in [0.3, 0.4) is 0 Å². The molecular weight excluding hydrogens is 132 g/mol. The van der Waals surface area contributed by atoms with Crippen molar-refractivity contribution in [2.75, 3.05) is 0 Å². The second kappa shape index (κ2) is 2.48. The Kier molecular flexibility index (Phi) is 1.86. The molecule has 1 rings (SSSR count). The molecule has 1 aliphatic rings. The van der Waals surface area contributed by atoms with E-state index in [1.807, 2.05) is 12.2 Å². The van der Waals surface area contributed by atoms with Gasteiger partial charge in [0, 0.05) is 10.3 Å². The maximum Gasteiger partial charge on any atom is 0.0737 e. The van der Waals surface area contributed by atoms with E-state index >= 15 is 0 Å². The van der Waals surface area contributed by atoms with Crippen molar-refractivity contribution in [2.45, 2.75) is 13.8 Å². The van der Waals surface area contributed by atoms with E-state index in [4.69, 9.17) is 0 Å². The highest BCUT2D eigenvalue weighted by Gasteiger charge is 2.10. The molecule has 9 heavy (non-hydrogen) atoms. The van der Waals surface area contributed by atoms with Gasteiger partial charge < -0.3 is 0 Å². The largest absolute Gasteiger partial charge is 0.250 e. The Balaban J connectivity index is 2.76. The average molecular weight is 142 g/mol. The summed E-state index contributed by atoms with van der Waals surface area (Å²) in [6.45, 7) is 4.10. The van der Waals surface area contributed by atoms with Crippen LogP contribution in [0.5, 0.6) is 0 Å². The van der Waals surface area contributed by atoms with Gasteiger partial charge >= 0.3 is 0 Å². The third-order valence-electron chi connectivity index (χ3n) is 1.26. The maximum atomic E-state index is 11.0. The molecule has 1 unspecified atom stereocenters. The molecule has 0 saturated heterocycles. The molecule has 50 valence electrons. The first-order valence-corrected chi connectivity index (χ1v) is 4.22. The van der Waals surface area contributed by atoms with E-state index in [9.17, 15) is 4.21 Å². The van der Waals surface area contributed by atoms with Crippen molar-refractivity contribution in [1.29, 1.82) is 0 Å². The van der Waals surface area contributed by atoms with Gasteiger partial charge in [0.15, 0.2) is 0 Å². The number of hydrogen-bond acceptors (Lipinski definition) is 1. The van der Waals surface area contributed by atoms with Crippen molar-refractivity contribution in [3.63, 3.8) is 0 Å². The second-order valence-corrected chi connectivity index (χ2v) is 3.69. The third kappa shape index (κ3) is 1.30. The van der Waals surface area contributed by atoms with Crippen molar-refractivity contribution < 1.29 is 4.21 Å². The van der Waals surface area contributed by atoms with Gasteiger partial charge in [-0.1, -0.05) is 19.9 Å². The summed E-state index contributed by atoms with van der Waals surface area (Å²) in [6, 6.07) is 0. The first-order valence-electron chi connectivity index (χ1n) is 3.01. The summed E-state index contributed by atoms with van der Waals surface area (Å²) in [7, 11) is -0.810. The smallest absolute Gasteiger partial charge is 0.0737 e. The molecule has 0 amide bonds. The molecule has 1 nitrogen and oxygen atoms in total. The predicted molar refractivity (Wildman–Crippen MR) is 40.2 cm³/mol. The zero-order valence-corrected chi connectivity index (χ0v) is 6.44. The quantitative estimate of drug-likeness (QED) is 0.545. The summed E-state index contributed by atoms with van der Waals surface area (Å²) < 4.78 is 11.0. The summed E-state index contributed by atoms with van der Waals surface area (Å²) in [5.74, 6) is 0.417. The first kappa shape index (κ1) is 6.75. The third-order valence-corrected chi connectivity index (χ3v) is 2.74. The minimum absolute atomic E-state index is 0.417. The Morgan fingerprint density at radius 3 is 2.44 bits per heavy atom. The van der Waals surface area contributed by atoms with Crippen molar-refractivity contribution >= 4 is 10.8 Å². The number of hydrogen-bond donors (Lipinski definition) is 0. The summed E-state index contributed by atoms with van der Waals surface area (Å²) in [5, 5.41) is 1.72. The van der Waals surface area contributed by atoms with Crippen LogP contribution in [0.1, 0.15) is 13.8 Å². The predicted octanol–water partition coefficient (Wildman–Crippen LogP) is 1.80. The molecule has 0 bridgehead atoms. The van der Waals surface area contributed by atoms with Gasteiger partial charge in [-0.25, -0.2) is 0 Å². The molecule has 1 atom stereocenters. The van der Waals surface area contributed by atoms with Gasteiger partial charge in [-0.2, -0.15) is 0 Å². The molecule has 1 heterocycles. The number of rotatable bonds is 1. The fraction of sp³-hybridized carbons (Fsp3) is 0.429. The molecule has 0 saturated carbocycles. The van der Waals surface area contributed by atoms with Gasteiger partial charge in [0.1, 0.15) is 0 Å². The van der Waals surface area contributed by atoms with Crippen LogP contribution in [0.25, 0.3) is 0 Å². The fourth-order valence-electron chi connectivity index (χ4n) is 0.776. The van der Waals surface area contributed by atoms with Crippen LogP contribution >= 0.6 is 0 Å². The Labute approximate surface area is 57.9 Å². The van der Waals surface area contributed by atoms with Crippen LogP contribution in [-0.4, -0.2) is 4.21 Å². The van der Waals surface area contributed by atoms with E-state index in [0.717, 1.165) is 4.91 Å². The molecule has 0 aromatic heterocycles. The van der Waals surface area contributed by atoms with Crippen LogP contribution in [-0.2, 0) is 10.8 Å². The maximum absolute atomic E-state index is 11.0. The lowest BCUT2D eigenvalue weighted by molar-refractivity contribution is 0.686. The van der Waals surface area contributed by atoms with Gasteiger partial charge in [0.25, 0.3) is 0 Å². The Bertz CT molecular complexity index is 189. The SMILES string of the molecule is CC(C)C1=CC=CS1=O. The normalized spacial score (nSPS) is 25.2. The van der Waals surface area contributed by atoms with E-state index in [1.54, 1.807) is 5.41 Å². The van der Waals surface area contributed by atoms with Crippen LogP contribution in [0.4, 0.5) is 0 Å². The molecular formula is C7H10OS. The van der Waals surface area contributed by atoms with Crippen molar-refractivity contribution in [3.8, 4) is 0 Å². The van der Waals surface area contributed by atoms with Crippen molar-refractivity contribution in [1.82, 2.24) is 0 Å². The van der Waals surface area contributed by atoms with Crippen LogP contribution in [0, 0.1) is 5.92 Å². The minimum Gasteiger partial charge on any atom is -0.250 e. The van der Waals surface area contributed by atoms with Crippen molar-refractivity contribution in [3.05, 3.63) is 22.5 Å². The lowest BCUT2D eigenvalue weighted by Gasteiger charge is -2.02. The summed E-state index contributed by atoms with van der Waals surface area (Å²) in [6.07, 6.45) is 3.78. The molecule has 0 aromatic carbocycles. The van der Waals surface area contributed by atoms with Gasteiger partial charge in [-0.05, 0) is 12.0 Å². The molecule has 0 spiro atoms. The molecule has 0 radical (unpaired) electrons. The van der Waals surface area contributed by atoms with E-state index in [2.05, 4.69) is 13.8 Å². The second-order valence-electron chi connectivity index (χ2n) is 2.35. The Morgan fingerprint density at radius 2 is 2.22 bits per heavy atom. The monoisotopic (exact) mass is 142 g/mol. The lowest BCUT2D eigenvalue weighted by Crippen LogP contribution is -1.95. The fourth-order valence-corrected chi connectivity index (χ4v) is 1.83. The van der Waals surface area contributed by atoms with E-state index in [-0.39, 0.29) is 0 Å². The van der Waals surface area contributed by atoms with E-state index in [1.165, 1.54) is 0 Å². The molecule has 0 fully saturated rings. The Hall–Kier alpha value is -0.370. The van der Waals surface area contributed by atoms with Crippen molar-refractivity contribution in [2.24, 2.45) is 5.92 Å². The molecule has 0 aromatic rings. The molecule has 0 aliphatic carbocycles. The zero-order chi connectivity index (χ0) is 6.85. The number of allylic oxidation sites excluding steroid dienone is 3. The highest BCUT2D eigenvalue weighted by Crippen LogP contribution is 2.19. The highest BCUT2D eigenvalue weighted by molar-refractivity contribution is 7.92. The first-order chi connectivity index (χ1) is 4.22. The summed E-state index contributed by atoms with van der Waals surface area (Å²) in [4.78, 5) is 1.04. The highest BCUT2D eigenvalue weighted by atomic mass is 32.2. The van der Waals surface area contributed by atoms with Gasteiger partial charge in [0.2, 0.25) is 0 Å². The molecule has 0 N–H and O–H groups in total. The lowest BCUT2D eigenvalue weighted by atomic mass is 10.2. The summed E-state index contributed by atoms with van der Waals surface area (Å²) >= 11 is 0. The molecule has 1 aliphatic heterocycles. The average Bonchev–Trinajstić information content (AvgIpc) is 2.13.